The van der Waals surface area contributed by atoms with Gasteiger partial charge in [0, 0.05) is 11.4 Å². The van der Waals surface area contributed by atoms with Crippen LogP contribution in [0.2, 0.25) is 0 Å². The van der Waals surface area contributed by atoms with Crippen LogP contribution in [-0.4, -0.2) is 39.3 Å². The standard InChI is InChI=1S/C11H17N3O4S/c1-6-7(2)19-10(13-6)14-9(17)12-5-11(3,18)4-8(15)16/h18H,4-5H2,1-3H3,(H,15,16)(H2,12,13,14,17). The predicted octanol–water partition coefficient (Wildman–Crippen LogP) is 1.11. The van der Waals surface area contributed by atoms with Gasteiger partial charge >= 0.3 is 12.0 Å². The number of aliphatic carboxylic acids is 1. The highest BCUT2D eigenvalue weighted by atomic mass is 32.1. The summed E-state index contributed by atoms with van der Waals surface area (Å²) in [5, 5.41) is 23.7. The van der Waals surface area contributed by atoms with Crippen molar-refractivity contribution >= 4 is 28.5 Å². The first-order valence-electron chi connectivity index (χ1n) is 5.63. The van der Waals surface area contributed by atoms with Gasteiger partial charge in [-0.2, -0.15) is 0 Å². The third-order valence-corrected chi connectivity index (χ3v) is 3.40. The minimum Gasteiger partial charge on any atom is -0.481 e. The van der Waals surface area contributed by atoms with Crippen molar-refractivity contribution < 1.29 is 19.8 Å². The molecule has 106 valence electrons. The molecule has 0 aliphatic carbocycles. The van der Waals surface area contributed by atoms with Gasteiger partial charge in [0.05, 0.1) is 17.7 Å². The normalized spacial score (nSPS) is 13.7. The second kappa shape index (κ2) is 5.98. The number of carboxylic acids is 1. The lowest BCUT2D eigenvalue weighted by molar-refractivity contribution is -0.141. The summed E-state index contributed by atoms with van der Waals surface area (Å²) in [5.41, 5.74) is -0.643. The molecule has 2 amide bonds. The molecule has 0 saturated carbocycles. The lowest BCUT2D eigenvalue weighted by Gasteiger charge is -2.21. The van der Waals surface area contributed by atoms with Gasteiger partial charge in [0.2, 0.25) is 0 Å². The molecule has 0 aromatic carbocycles. The molecule has 0 saturated heterocycles. The Morgan fingerprint density at radius 1 is 1.42 bits per heavy atom. The number of hydrogen-bond donors (Lipinski definition) is 4. The highest BCUT2D eigenvalue weighted by Gasteiger charge is 2.24. The van der Waals surface area contributed by atoms with E-state index in [1.54, 1.807) is 0 Å². The van der Waals surface area contributed by atoms with E-state index in [0.717, 1.165) is 10.6 Å². The summed E-state index contributed by atoms with van der Waals surface area (Å²) in [6.45, 7) is 4.92. The van der Waals surface area contributed by atoms with E-state index in [0.29, 0.717) is 5.13 Å². The fourth-order valence-corrected chi connectivity index (χ4v) is 2.14. The molecule has 1 aromatic heterocycles. The maximum Gasteiger partial charge on any atom is 0.321 e. The molecule has 1 unspecified atom stereocenters. The Labute approximate surface area is 114 Å². The zero-order valence-corrected chi connectivity index (χ0v) is 11.8. The number of nitrogens with zero attached hydrogens (tertiary/aromatic N) is 1. The number of urea groups is 1. The molecule has 19 heavy (non-hydrogen) atoms. The zero-order chi connectivity index (χ0) is 14.6. The van der Waals surface area contributed by atoms with E-state index in [-0.39, 0.29) is 6.54 Å². The monoisotopic (exact) mass is 287 g/mol. The molecule has 1 rings (SSSR count). The number of carboxylic acid groups (broad SMARTS) is 1. The molecule has 0 radical (unpaired) electrons. The number of aromatic nitrogens is 1. The second-order valence-electron chi connectivity index (χ2n) is 4.54. The van der Waals surface area contributed by atoms with E-state index in [4.69, 9.17) is 5.11 Å². The Morgan fingerprint density at radius 2 is 2.05 bits per heavy atom. The average Bonchev–Trinajstić information content (AvgIpc) is 2.53. The molecule has 0 aliphatic heterocycles. The van der Waals surface area contributed by atoms with Crippen LogP contribution in [0.5, 0.6) is 0 Å². The molecule has 7 nitrogen and oxygen atoms in total. The summed E-state index contributed by atoms with van der Waals surface area (Å²) in [6.07, 6.45) is -0.442. The molecule has 0 aliphatic rings. The third kappa shape index (κ3) is 5.23. The van der Waals surface area contributed by atoms with E-state index in [1.165, 1.54) is 18.3 Å². The first-order chi connectivity index (χ1) is 8.69. The number of rotatable bonds is 5. The highest BCUT2D eigenvalue weighted by molar-refractivity contribution is 7.15. The Hall–Kier alpha value is -1.67. The van der Waals surface area contributed by atoms with Crippen molar-refractivity contribution in [1.29, 1.82) is 0 Å². The number of nitrogens with one attached hydrogen (secondary N) is 2. The maximum atomic E-state index is 11.6. The molecule has 8 heteroatoms. The fraction of sp³-hybridized carbons (Fsp3) is 0.545. The van der Waals surface area contributed by atoms with Crippen molar-refractivity contribution in [2.24, 2.45) is 0 Å². The molecule has 1 heterocycles. The number of hydrogen-bond acceptors (Lipinski definition) is 5. The molecule has 1 aromatic rings. The minimum atomic E-state index is -1.49. The summed E-state index contributed by atoms with van der Waals surface area (Å²) in [7, 11) is 0. The Kier molecular flexibility index (Phi) is 4.84. The number of amides is 2. The van der Waals surface area contributed by atoms with Crippen molar-refractivity contribution in [3.8, 4) is 0 Å². The fourth-order valence-electron chi connectivity index (χ4n) is 1.33. The third-order valence-electron chi connectivity index (χ3n) is 2.41. The second-order valence-corrected chi connectivity index (χ2v) is 5.74. The van der Waals surface area contributed by atoms with Crippen LogP contribution >= 0.6 is 11.3 Å². The summed E-state index contributed by atoms with van der Waals surface area (Å²) in [6, 6.07) is -0.528. The summed E-state index contributed by atoms with van der Waals surface area (Å²) < 4.78 is 0. The molecule has 0 fully saturated rings. The number of aliphatic hydroxyl groups is 1. The van der Waals surface area contributed by atoms with Gasteiger partial charge in [-0.05, 0) is 20.8 Å². The van der Waals surface area contributed by atoms with E-state index in [9.17, 15) is 14.7 Å². The minimum absolute atomic E-state index is 0.158. The average molecular weight is 287 g/mol. The van der Waals surface area contributed by atoms with Gasteiger partial charge in [-0.3, -0.25) is 10.1 Å². The van der Waals surface area contributed by atoms with Crippen LogP contribution < -0.4 is 10.6 Å². The number of aryl methyl sites for hydroxylation is 2. The highest BCUT2D eigenvalue weighted by Crippen LogP contribution is 2.20. The summed E-state index contributed by atoms with van der Waals surface area (Å²) in [4.78, 5) is 27.2. The zero-order valence-electron chi connectivity index (χ0n) is 11.0. The van der Waals surface area contributed by atoms with E-state index in [1.807, 2.05) is 13.8 Å². The number of carbonyl (C=O) groups excluding carboxylic acids is 1. The van der Waals surface area contributed by atoms with Crippen LogP contribution in [-0.2, 0) is 4.79 Å². The SMILES string of the molecule is Cc1nc(NC(=O)NCC(C)(O)CC(=O)O)sc1C. The van der Waals surface area contributed by atoms with Crippen LogP contribution in [0.1, 0.15) is 23.9 Å². The van der Waals surface area contributed by atoms with Gasteiger partial charge in [0.25, 0.3) is 0 Å². The summed E-state index contributed by atoms with van der Waals surface area (Å²) in [5.74, 6) is -1.13. The number of anilines is 1. The van der Waals surface area contributed by atoms with Crippen LogP contribution in [0.15, 0.2) is 0 Å². The Balaban J connectivity index is 2.45. The number of thiazole rings is 1. The first-order valence-corrected chi connectivity index (χ1v) is 6.44. The van der Waals surface area contributed by atoms with Crippen LogP contribution in [0.25, 0.3) is 0 Å². The van der Waals surface area contributed by atoms with E-state index < -0.39 is 24.0 Å². The molecular weight excluding hydrogens is 270 g/mol. The number of carbonyl (C=O) groups is 2. The molecule has 1 atom stereocenters. The van der Waals surface area contributed by atoms with Crippen LogP contribution in [0.3, 0.4) is 0 Å². The van der Waals surface area contributed by atoms with Crippen molar-refractivity contribution in [1.82, 2.24) is 10.3 Å². The van der Waals surface area contributed by atoms with Gasteiger partial charge in [-0.1, -0.05) is 0 Å². The smallest absolute Gasteiger partial charge is 0.321 e. The van der Waals surface area contributed by atoms with Crippen molar-refractivity contribution in [3.05, 3.63) is 10.6 Å². The van der Waals surface area contributed by atoms with Crippen LogP contribution in [0.4, 0.5) is 9.93 Å². The Bertz CT molecular complexity index is 465. The lowest BCUT2D eigenvalue weighted by Crippen LogP contribution is -2.43. The topological polar surface area (TPSA) is 112 Å². The first kappa shape index (κ1) is 15.4. The largest absolute Gasteiger partial charge is 0.481 e. The lowest BCUT2D eigenvalue weighted by atomic mass is 10.0. The van der Waals surface area contributed by atoms with Gasteiger partial charge in [-0.25, -0.2) is 9.78 Å². The van der Waals surface area contributed by atoms with Crippen molar-refractivity contribution in [2.75, 3.05) is 11.9 Å². The van der Waals surface area contributed by atoms with Crippen molar-refractivity contribution in [3.63, 3.8) is 0 Å². The maximum absolute atomic E-state index is 11.6. The van der Waals surface area contributed by atoms with E-state index in [2.05, 4.69) is 15.6 Å². The van der Waals surface area contributed by atoms with Gasteiger partial charge < -0.3 is 15.5 Å². The van der Waals surface area contributed by atoms with Crippen LogP contribution in [0, 0.1) is 13.8 Å². The van der Waals surface area contributed by atoms with Crippen molar-refractivity contribution in [2.45, 2.75) is 32.8 Å². The quantitative estimate of drug-likeness (QED) is 0.648. The van der Waals surface area contributed by atoms with Gasteiger partial charge in [-0.15, -0.1) is 11.3 Å². The Morgan fingerprint density at radius 3 is 2.53 bits per heavy atom. The molecular formula is C11H17N3O4S. The molecule has 0 spiro atoms. The molecule has 0 bridgehead atoms. The van der Waals surface area contributed by atoms with Gasteiger partial charge in [0.1, 0.15) is 0 Å². The molecule has 4 N–H and O–H groups in total. The van der Waals surface area contributed by atoms with E-state index >= 15 is 0 Å². The van der Waals surface area contributed by atoms with Gasteiger partial charge in [0.15, 0.2) is 5.13 Å². The predicted molar refractivity (Wildman–Crippen MR) is 71.5 cm³/mol. The summed E-state index contributed by atoms with van der Waals surface area (Å²) >= 11 is 1.35.